The summed E-state index contributed by atoms with van der Waals surface area (Å²) in [5.74, 6) is 0.409. The minimum Gasteiger partial charge on any atom is -0.394 e. The van der Waals surface area contributed by atoms with Crippen LogP contribution in [0.1, 0.15) is 44.9 Å². The molecule has 130 valence electrons. The fraction of sp³-hybridized carbons (Fsp3) is 0.588. The van der Waals surface area contributed by atoms with Gasteiger partial charge in [-0.25, -0.2) is 4.79 Å². The summed E-state index contributed by atoms with van der Waals surface area (Å²) in [5.41, 5.74) is 2.07. The van der Waals surface area contributed by atoms with E-state index in [0.29, 0.717) is 12.3 Å². The number of rotatable bonds is 7. The molecule has 0 radical (unpaired) electrons. The quantitative estimate of drug-likeness (QED) is 0.711. The fourth-order valence-corrected chi connectivity index (χ4v) is 2.89. The number of aryl methyl sites for hydroxylation is 1. The van der Waals surface area contributed by atoms with E-state index in [9.17, 15) is 14.1 Å². The van der Waals surface area contributed by atoms with Crippen LogP contribution in [0, 0.1) is 0 Å². The fourth-order valence-electron chi connectivity index (χ4n) is 1.99. The number of hydrogen-bond donors (Lipinski definition) is 3. The van der Waals surface area contributed by atoms with Crippen molar-refractivity contribution in [3.05, 3.63) is 35.4 Å². The summed E-state index contributed by atoms with van der Waals surface area (Å²) in [4.78, 5) is 11.9. The first-order valence-corrected chi connectivity index (χ1v) is 9.22. The molecule has 0 heterocycles. The van der Waals surface area contributed by atoms with Crippen molar-refractivity contribution in [3.8, 4) is 0 Å². The lowest BCUT2D eigenvalue weighted by atomic mass is 10.0. The van der Waals surface area contributed by atoms with Gasteiger partial charge in [0.05, 0.1) is 12.6 Å². The summed E-state index contributed by atoms with van der Waals surface area (Å²) in [6, 6.07) is 6.99. The Kier molecular flexibility index (Phi) is 7.72. The zero-order chi connectivity index (χ0) is 17.5. The normalized spacial score (nSPS) is 14.1. The van der Waals surface area contributed by atoms with Gasteiger partial charge < -0.3 is 15.7 Å². The third-order valence-electron chi connectivity index (χ3n) is 3.53. The maximum atomic E-state index is 11.9. The lowest BCUT2D eigenvalue weighted by Crippen LogP contribution is -2.41. The standard InChI is InChI=1S/C17H28N2O3S/c1-5-13-6-8-14(9-7-13)15(12-20)19-16(21)18-10-11-23(22)17(2,3)4/h6-9,15,20H,5,10-12H2,1-4H3,(H2,18,19,21). The summed E-state index contributed by atoms with van der Waals surface area (Å²) in [6.07, 6.45) is 0.947. The molecule has 23 heavy (non-hydrogen) atoms. The number of aliphatic hydroxyl groups is 1. The number of nitrogens with one attached hydrogen (secondary N) is 2. The number of carbonyl (C=O) groups is 1. The minimum atomic E-state index is -1.000. The Morgan fingerprint density at radius 3 is 2.35 bits per heavy atom. The van der Waals surface area contributed by atoms with Crippen LogP contribution < -0.4 is 10.6 Å². The van der Waals surface area contributed by atoms with E-state index in [1.165, 1.54) is 5.56 Å². The van der Waals surface area contributed by atoms with Crippen LogP contribution in [0.4, 0.5) is 4.79 Å². The van der Waals surface area contributed by atoms with Gasteiger partial charge in [-0.2, -0.15) is 0 Å². The molecule has 0 aromatic heterocycles. The highest BCUT2D eigenvalue weighted by Crippen LogP contribution is 2.14. The van der Waals surface area contributed by atoms with Crippen molar-refractivity contribution < 1.29 is 14.1 Å². The average molecular weight is 340 g/mol. The molecular formula is C17H28N2O3S. The van der Waals surface area contributed by atoms with Gasteiger partial charge in [-0.1, -0.05) is 31.2 Å². The summed E-state index contributed by atoms with van der Waals surface area (Å²) < 4.78 is 11.6. The summed E-state index contributed by atoms with van der Waals surface area (Å²) in [6.45, 7) is 7.96. The number of aliphatic hydroxyl groups excluding tert-OH is 1. The Balaban J connectivity index is 2.48. The molecule has 1 aromatic rings. The van der Waals surface area contributed by atoms with Gasteiger partial charge in [0.15, 0.2) is 0 Å². The van der Waals surface area contributed by atoms with E-state index in [1.54, 1.807) is 0 Å². The van der Waals surface area contributed by atoms with Gasteiger partial charge >= 0.3 is 6.03 Å². The van der Waals surface area contributed by atoms with E-state index in [2.05, 4.69) is 17.6 Å². The summed E-state index contributed by atoms with van der Waals surface area (Å²) >= 11 is 0. The lowest BCUT2D eigenvalue weighted by molar-refractivity contribution is 0.217. The highest BCUT2D eigenvalue weighted by molar-refractivity contribution is 7.86. The van der Waals surface area contributed by atoms with Gasteiger partial charge in [-0.15, -0.1) is 0 Å². The van der Waals surface area contributed by atoms with Crippen molar-refractivity contribution in [3.63, 3.8) is 0 Å². The van der Waals surface area contributed by atoms with E-state index < -0.39 is 16.8 Å². The van der Waals surface area contributed by atoms with Crippen molar-refractivity contribution in [2.45, 2.75) is 44.9 Å². The van der Waals surface area contributed by atoms with E-state index >= 15 is 0 Å². The second-order valence-corrected chi connectivity index (χ2v) is 8.72. The second-order valence-electron chi connectivity index (χ2n) is 6.39. The molecule has 2 atom stereocenters. The Morgan fingerprint density at radius 2 is 1.87 bits per heavy atom. The van der Waals surface area contributed by atoms with Gasteiger partial charge in [-0.05, 0) is 38.3 Å². The van der Waals surface area contributed by atoms with Gasteiger partial charge in [0.25, 0.3) is 0 Å². The minimum absolute atomic E-state index is 0.174. The molecule has 2 amide bonds. The number of carbonyl (C=O) groups excluding carboxylic acids is 1. The van der Waals surface area contributed by atoms with Crippen LogP contribution >= 0.6 is 0 Å². The third-order valence-corrected chi connectivity index (χ3v) is 5.48. The molecular weight excluding hydrogens is 312 g/mol. The lowest BCUT2D eigenvalue weighted by Gasteiger charge is -2.19. The van der Waals surface area contributed by atoms with Crippen LogP contribution in [0.25, 0.3) is 0 Å². The van der Waals surface area contributed by atoms with Gasteiger partial charge in [0.2, 0.25) is 0 Å². The number of hydrogen-bond acceptors (Lipinski definition) is 3. The highest BCUT2D eigenvalue weighted by Gasteiger charge is 2.19. The van der Waals surface area contributed by atoms with Crippen LogP contribution in [-0.2, 0) is 17.2 Å². The predicted octanol–water partition coefficient (Wildman–Crippen LogP) is 2.13. The molecule has 0 aliphatic carbocycles. The van der Waals surface area contributed by atoms with Crippen molar-refractivity contribution in [1.82, 2.24) is 10.6 Å². The molecule has 6 heteroatoms. The van der Waals surface area contributed by atoms with Crippen LogP contribution in [0.2, 0.25) is 0 Å². The monoisotopic (exact) mass is 340 g/mol. The predicted molar refractivity (Wildman–Crippen MR) is 94.9 cm³/mol. The van der Waals surface area contributed by atoms with Crippen LogP contribution in [0.15, 0.2) is 24.3 Å². The smallest absolute Gasteiger partial charge is 0.315 e. The number of benzene rings is 1. The van der Waals surface area contributed by atoms with Crippen LogP contribution in [-0.4, -0.2) is 39.0 Å². The molecule has 0 aliphatic heterocycles. The van der Waals surface area contributed by atoms with E-state index in [0.717, 1.165) is 12.0 Å². The molecule has 0 bridgehead atoms. The summed E-state index contributed by atoms with van der Waals surface area (Å²) in [5, 5.41) is 14.9. The van der Waals surface area contributed by atoms with E-state index in [4.69, 9.17) is 0 Å². The van der Waals surface area contributed by atoms with Crippen LogP contribution in [0.3, 0.4) is 0 Å². The number of urea groups is 1. The van der Waals surface area contributed by atoms with Crippen molar-refractivity contribution in [2.75, 3.05) is 18.9 Å². The first kappa shape index (κ1) is 19.6. The largest absolute Gasteiger partial charge is 0.394 e. The Morgan fingerprint density at radius 1 is 1.26 bits per heavy atom. The molecule has 1 rings (SSSR count). The van der Waals surface area contributed by atoms with E-state index in [1.807, 2.05) is 45.0 Å². The number of amides is 2. The average Bonchev–Trinajstić information content (AvgIpc) is 2.51. The molecule has 5 nitrogen and oxygen atoms in total. The topological polar surface area (TPSA) is 78.4 Å². The molecule has 0 aliphatic rings. The van der Waals surface area contributed by atoms with Crippen molar-refractivity contribution in [1.29, 1.82) is 0 Å². The maximum Gasteiger partial charge on any atom is 0.315 e. The Hall–Kier alpha value is -1.40. The third kappa shape index (κ3) is 6.71. The molecule has 0 saturated carbocycles. The zero-order valence-corrected chi connectivity index (χ0v) is 15.2. The van der Waals surface area contributed by atoms with Gasteiger partial charge in [0.1, 0.15) is 0 Å². The second kappa shape index (κ2) is 9.03. The molecule has 0 spiro atoms. The van der Waals surface area contributed by atoms with Crippen LogP contribution in [0.5, 0.6) is 0 Å². The zero-order valence-electron chi connectivity index (χ0n) is 14.4. The van der Waals surface area contributed by atoms with E-state index in [-0.39, 0.29) is 17.4 Å². The molecule has 3 N–H and O–H groups in total. The van der Waals surface area contributed by atoms with Crippen molar-refractivity contribution in [2.24, 2.45) is 0 Å². The molecule has 2 unspecified atom stereocenters. The SMILES string of the molecule is CCc1ccc(C(CO)NC(=O)NCCS(=O)C(C)(C)C)cc1. The highest BCUT2D eigenvalue weighted by atomic mass is 32.2. The maximum absolute atomic E-state index is 11.9. The molecule has 0 saturated heterocycles. The first-order chi connectivity index (χ1) is 10.8. The summed E-state index contributed by atoms with van der Waals surface area (Å²) in [7, 11) is -1.000. The van der Waals surface area contributed by atoms with Crippen molar-refractivity contribution >= 4 is 16.8 Å². The van der Waals surface area contributed by atoms with Gasteiger partial charge in [0, 0.05) is 27.8 Å². The first-order valence-electron chi connectivity index (χ1n) is 7.90. The van der Waals surface area contributed by atoms with Gasteiger partial charge in [-0.3, -0.25) is 4.21 Å². The molecule has 0 fully saturated rings. The Labute approximate surface area is 141 Å². The Bertz CT molecular complexity index is 524. The molecule has 1 aromatic carbocycles.